The molecule has 0 aliphatic heterocycles. The lowest BCUT2D eigenvalue weighted by Gasteiger charge is -2.25. The molecule has 2 unspecified atom stereocenters. The largest absolute Gasteiger partial charge is 0.396 e. The van der Waals surface area contributed by atoms with Crippen LogP contribution in [0, 0.1) is 21.1 Å². The number of aromatic nitrogens is 4. The number of aliphatic hydroxyl groups excluding tert-OH is 3. The summed E-state index contributed by atoms with van der Waals surface area (Å²) >= 11 is 1.98. The fraction of sp³-hybridized carbons (Fsp3) is 0.615. The van der Waals surface area contributed by atoms with Crippen LogP contribution in [0.5, 0.6) is 0 Å². The van der Waals surface area contributed by atoms with Crippen LogP contribution in [0.2, 0.25) is 0 Å². The standard InChI is InChI=1S/C13H16IN5O3/c1-4-5-7(8(21)9(22)13(4,5)2-20)19-3-16-6-10(15)17-12(14)18-11(6)19/h3-5,7-9,20-22H,2H2,1H3,(H2,15,17,18)/t4-,5+,7+,8?,9?,13+/m0/s1. The topological polar surface area (TPSA) is 130 Å². The van der Waals surface area contributed by atoms with Gasteiger partial charge in [-0.25, -0.2) is 15.0 Å². The third-order valence-electron chi connectivity index (χ3n) is 5.51. The molecule has 0 bridgehead atoms. The molecule has 2 fully saturated rings. The van der Waals surface area contributed by atoms with Crippen molar-refractivity contribution < 1.29 is 15.3 Å². The van der Waals surface area contributed by atoms with Crippen molar-refractivity contribution in [3.05, 3.63) is 10.2 Å². The van der Waals surface area contributed by atoms with Crippen LogP contribution in [0.3, 0.4) is 0 Å². The van der Waals surface area contributed by atoms with E-state index in [1.807, 2.05) is 29.5 Å². The van der Waals surface area contributed by atoms with Gasteiger partial charge in [-0.1, -0.05) is 6.92 Å². The van der Waals surface area contributed by atoms with Gasteiger partial charge in [0.25, 0.3) is 0 Å². The van der Waals surface area contributed by atoms with E-state index in [1.54, 1.807) is 10.9 Å². The first-order chi connectivity index (χ1) is 10.4. The van der Waals surface area contributed by atoms with Crippen molar-refractivity contribution in [2.45, 2.75) is 25.2 Å². The highest BCUT2D eigenvalue weighted by molar-refractivity contribution is 14.1. The Morgan fingerprint density at radius 3 is 2.77 bits per heavy atom. The highest BCUT2D eigenvalue weighted by Crippen LogP contribution is 2.71. The summed E-state index contributed by atoms with van der Waals surface area (Å²) in [6.45, 7) is 1.84. The van der Waals surface area contributed by atoms with Crippen molar-refractivity contribution >= 4 is 39.6 Å². The monoisotopic (exact) mass is 417 g/mol. The summed E-state index contributed by atoms with van der Waals surface area (Å²) in [5, 5.41) is 30.5. The van der Waals surface area contributed by atoms with Crippen molar-refractivity contribution in [2.24, 2.45) is 17.3 Å². The summed E-state index contributed by atoms with van der Waals surface area (Å²) in [6, 6.07) is -0.382. The van der Waals surface area contributed by atoms with Crippen molar-refractivity contribution in [3.63, 3.8) is 0 Å². The van der Waals surface area contributed by atoms with Gasteiger partial charge in [-0.2, -0.15) is 0 Å². The van der Waals surface area contributed by atoms with Gasteiger partial charge in [0.05, 0.1) is 25.1 Å². The van der Waals surface area contributed by atoms with Gasteiger partial charge in [0.1, 0.15) is 11.6 Å². The fourth-order valence-electron chi connectivity index (χ4n) is 4.30. The number of rotatable bonds is 2. The Morgan fingerprint density at radius 2 is 2.14 bits per heavy atom. The van der Waals surface area contributed by atoms with E-state index < -0.39 is 17.6 Å². The van der Waals surface area contributed by atoms with E-state index in [0.717, 1.165) is 0 Å². The van der Waals surface area contributed by atoms with Gasteiger partial charge in [0.15, 0.2) is 15.3 Å². The number of aliphatic hydroxyl groups is 3. The fourth-order valence-corrected chi connectivity index (χ4v) is 4.79. The lowest BCUT2D eigenvalue weighted by atomic mass is 9.96. The molecule has 2 saturated carbocycles. The molecule has 0 radical (unpaired) electrons. The van der Waals surface area contributed by atoms with Gasteiger partial charge >= 0.3 is 0 Å². The molecule has 0 saturated heterocycles. The van der Waals surface area contributed by atoms with E-state index >= 15 is 0 Å². The number of hydrogen-bond donors (Lipinski definition) is 4. The minimum atomic E-state index is -0.973. The second-order valence-corrected chi connectivity index (χ2v) is 7.18. The SMILES string of the molecule is C[C@H]1[C@@H]2[C@@H](n3cnc4c(N)nc(I)nc43)C(O)C(O)[C@@]21CO. The zero-order valence-corrected chi connectivity index (χ0v) is 13.9. The minimum Gasteiger partial charge on any atom is -0.396 e. The average molecular weight is 417 g/mol. The van der Waals surface area contributed by atoms with Crippen LogP contribution in [-0.4, -0.2) is 53.7 Å². The predicted octanol–water partition coefficient (Wildman–Crippen LogP) is -0.466. The normalized spacial score (nSPS) is 40.1. The van der Waals surface area contributed by atoms with Crippen LogP contribution in [-0.2, 0) is 0 Å². The Hall–Kier alpha value is -1.04. The molecule has 2 aromatic rings. The van der Waals surface area contributed by atoms with E-state index in [2.05, 4.69) is 15.0 Å². The number of imidazole rings is 1. The first-order valence-corrected chi connectivity index (χ1v) is 8.14. The van der Waals surface area contributed by atoms with Gasteiger partial charge < -0.3 is 25.6 Å². The smallest absolute Gasteiger partial charge is 0.194 e. The number of anilines is 1. The van der Waals surface area contributed by atoms with E-state index in [0.29, 0.717) is 20.8 Å². The molecule has 2 aliphatic rings. The number of nitrogen functional groups attached to an aromatic ring is 1. The first-order valence-electron chi connectivity index (χ1n) is 7.06. The molecule has 22 heavy (non-hydrogen) atoms. The Labute approximate surface area is 139 Å². The van der Waals surface area contributed by atoms with E-state index in [4.69, 9.17) is 5.73 Å². The Kier molecular flexibility index (Phi) is 2.97. The zero-order chi connectivity index (χ0) is 15.8. The van der Waals surface area contributed by atoms with E-state index in [1.165, 1.54) is 0 Å². The number of fused-ring (bicyclic) bond motifs is 2. The lowest BCUT2D eigenvalue weighted by molar-refractivity contribution is -0.0383. The van der Waals surface area contributed by atoms with Gasteiger partial charge in [-0.15, -0.1) is 0 Å². The summed E-state index contributed by atoms with van der Waals surface area (Å²) in [5.74, 6) is 0.392. The molecular weight excluding hydrogens is 401 g/mol. The highest BCUT2D eigenvalue weighted by Gasteiger charge is 2.76. The first kappa shape index (κ1) is 14.5. The van der Waals surface area contributed by atoms with Crippen LogP contribution in [0.4, 0.5) is 5.82 Å². The third-order valence-corrected chi connectivity index (χ3v) is 5.99. The molecule has 4 rings (SSSR count). The molecule has 6 atom stereocenters. The highest BCUT2D eigenvalue weighted by atomic mass is 127. The second-order valence-electron chi connectivity index (χ2n) is 6.21. The van der Waals surface area contributed by atoms with Crippen molar-refractivity contribution in [2.75, 3.05) is 12.3 Å². The van der Waals surface area contributed by atoms with Crippen LogP contribution < -0.4 is 5.73 Å². The summed E-state index contributed by atoms with van der Waals surface area (Å²) in [5.41, 5.74) is 6.27. The van der Waals surface area contributed by atoms with Crippen molar-refractivity contribution in [3.8, 4) is 0 Å². The van der Waals surface area contributed by atoms with Gasteiger partial charge in [0.2, 0.25) is 0 Å². The molecule has 2 aromatic heterocycles. The average Bonchev–Trinajstić information content (AvgIpc) is 2.77. The molecule has 9 heteroatoms. The van der Waals surface area contributed by atoms with Crippen LogP contribution in [0.25, 0.3) is 11.2 Å². The molecule has 118 valence electrons. The van der Waals surface area contributed by atoms with E-state index in [-0.39, 0.29) is 24.5 Å². The van der Waals surface area contributed by atoms with Crippen LogP contribution in [0.15, 0.2) is 6.33 Å². The molecule has 2 aliphatic carbocycles. The molecular formula is C13H16IN5O3. The lowest BCUT2D eigenvalue weighted by Crippen LogP contribution is -2.37. The van der Waals surface area contributed by atoms with Crippen molar-refractivity contribution in [1.82, 2.24) is 19.5 Å². The maximum absolute atomic E-state index is 10.5. The van der Waals surface area contributed by atoms with Gasteiger partial charge in [-0.3, -0.25) is 0 Å². The summed E-state index contributed by atoms with van der Waals surface area (Å²) < 4.78 is 2.25. The Bertz CT molecular complexity index is 767. The number of halogens is 1. The zero-order valence-electron chi connectivity index (χ0n) is 11.8. The number of hydrogen-bond acceptors (Lipinski definition) is 7. The molecule has 5 N–H and O–H groups in total. The quantitative estimate of drug-likeness (QED) is 0.384. The number of nitrogens with two attached hydrogens (primary N) is 1. The van der Waals surface area contributed by atoms with Crippen LogP contribution in [0.1, 0.15) is 13.0 Å². The number of nitrogens with zero attached hydrogens (tertiary/aromatic N) is 4. The maximum atomic E-state index is 10.5. The predicted molar refractivity (Wildman–Crippen MR) is 85.7 cm³/mol. The molecule has 0 aromatic carbocycles. The molecule has 2 heterocycles. The Morgan fingerprint density at radius 1 is 1.41 bits per heavy atom. The van der Waals surface area contributed by atoms with Crippen LogP contribution >= 0.6 is 22.6 Å². The third kappa shape index (κ3) is 1.54. The molecule has 0 amide bonds. The Balaban J connectivity index is 1.87. The molecule has 8 nitrogen and oxygen atoms in total. The van der Waals surface area contributed by atoms with E-state index in [9.17, 15) is 15.3 Å². The molecule has 0 spiro atoms. The van der Waals surface area contributed by atoms with Crippen molar-refractivity contribution in [1.29, 1.82) is 0 Å². The van der Waals surface area contributed by atoms with Gasteiger partial charge in [0, 0.05) is 28.0 Å². The summed E-state index contributed by atoms with van der Waals surface area (Å²) in [4.78, 5) is 12.7. The summed E-state index contributed by atoms with van der Waals surface area (Å²) in [7, 11) is 0. The maximum Gasteiger partial charge on any atom is 0.194 e. The second kappa shape index (κ2) is 4.49. The van der Waals surface area contributed by atoms with Gasteiger partial charge in [-0.05, 0) is 11.8 Å². The summed E-state index contributed by atoms with van der Waals surface area (Å²) in [6.07, 6.45) is -0.358. The minimum absolute atomic E-state index is 0.0197.